The highest BCUT2D eigenvalue weighted by Crippen LogP contribution is 2.30. The number of nitro benzene ring substituents is 1. The molecule has 4 rings (SSSR count). The summed E-state index contributed by atoms with van der Waals surface area (Å²) in [5.41, 5.74) is 1.16. The quantitative estimate of drug-likeness (QED) is 0.275. The number of carbonyl (C=O) groups is 4. The van der Waals surface area contributed by atoms with Crippen LogP contribution >= 0.6 is 0 Å². The molecule has 0 aliphatic carbocycles. The van der Waals surface area contributed by atoms with E-state index in [1.807, 2.05) is 0 Å². The van der Waals surface area contributed by atoms with E-state index in [0.29, 0.717) is 0 Å². The first kappa shape index (κ1) is 21.4. The second-order valence-electron chi connectivity index (χ2n) is 7.00. The van der Waals surface area contributed by atoms with Crippen molar-refractivity contribution in [1.29, 1.82) is 0 Å². The van der Waals surface area contributed by atoms with Crippen molar-refractivity contribution in [3.05, 3.63) is 99.1 Å². The van der Waals surface area contributed by atoms with E-state index in [0.717, 1.165) is 4.90 Å². The molecule has 0 saturated heterocycles. The molecule has 1 aliphatic heterocycles. The molecule has 3 amide bonds. The van der Waals surface area contributed by atoms with Crippen LogP contribution in [-0.4, -0.2) is 35.7 Å². The number of nitro groups is 1. The van der Waals surface area contributed by atoms with Gasteiger partial charge in [-0.05, 0) is 54.6 Å². The first-order valence-electron chi connectivity index (χ1n) is 9.57. The molecular weight excluding hydrogens is 430 g/mol. The van der Waals surface area contributed by atoms with Gasteiger partial charge in [0.1, 0.15) is 0 Å². The van der Waals surface area contributed by atoms with Crippen LogP contribution in [0.3, 0.4) is 0 Å². The van der Waals surface area contributed by atoms with E-state index in [1.165, 1.54) is 73.8 Å². The number of hydrogen-bond donors (Lipinski definition) is 1. The van der Waals surface area contributed by atoms with Crippen molar-refractivity contribution in [2.75, 3.05) is 17.3 Å². The fourth-order valence-electron chi connectivity index (χ4n) is 3.36. The highest BCUT2D eigenvalue weighted by molar-refractivity contribution is 6.34. The Balaban J connectivity index is 1.55. The zero-order valence-electron chi connectivity index (χ0n) is 17.1. The number of rotatable bonds is 5. The molecular formula is C23H15N3O7. The molecule has 10 heteroatoms. The van der Waals surface area contributed by atoms with E-state index in [9.17, 15) is 29.3 Å². The van der Waals surface area contributed by atoms with Crippen molar-refractivity contribution in [3.8, 4) is 0 Å². The first-order valence-corrected chi connectivity index (χ1v) is 9.57. The van der Waals surface area contributed by atoms with Crippen LogP contribution in [0.5, 0.6) is 0 Å². The number of esters is 1. The minimum Gasteiger partial charge on any atom is -0.465 e. The number of benzene rings is 3. The van der Waals surface area contributed by atoms with Gasteiger partial charge in [-0.2, -0.15) is 0 Å². The van der Waals surface area contributed by atoms with E-state index < -0.39 is 28.6 Å². The highest BCUT2D eigenvalue weighted by Gasteiger charge is 2.37. The van der Waals surface area contributed by atoms with Crippen LogP contribution in [0.15, 0.2) is 66.7 Å². The predicted octanol–water partition coefficient (Wildman–Crippen LogP) is 3.43. The molecule has 1 N–H and O–H groups in total. The number of non-ortho nitro benzene ring substituents is 1. The summed E-state index contributed by atoms with van der Waals surface area (Å²) in [7, 11) is 1.25. The van der Waals surface area contributed by atoms with E-state index in [1.54, 1.807) is 0 Å². The summed E-state index contributed by atoms with van der Waals surface area (Å²) < 4.78 is 4.64. The lowest BCUT2D eigenvalue weighted by Crippen LogP contribution is -2.29. The zero-order chi connectivity index (χ0) is 23.7. The van der Waals surface area contributed by atoms with Crippen molar-refractivity contribution in [1.82, 2.24) is 0 Å². The van der Waals surface area contributed by atoms with Gasteiger partial charge >= 0.3 is 5.97 Å². The lowest BCUT2D eigenvalue weighted by Gasteiger charge is -2.14. The van der Waals surface area contributed by atoms with Crippen LogP contribution in [0.4, 0.5) is 17.1 Å². The summed E-state index contributed by atoms with van der Waals surface area (Å²) in [6.07, 6.45) is 0. The second-order valence-corrected chi connectivity index (χ2v) is 7.00. The van der Waals surface area contributed by atoms with Crippen LogP contribution < -0.4 is 10.2 Å². The van der Waals surface area contributed by atoms with Crippen molar-refractivity contribution in [3.63, 3.8) is 0 Å². The summed E-state index contributed by atoms with van der Waals surface area (Å²) in [6, 6.07) is 15.2. The molecule has 0 saturated carbocycles. The third kappa shape index (κ3) is 3.92. The first-order chi connectivity index (χ1) is 15.8. The lowest BCUT2D eigenvalue weighted by atomic mass is 10.1. The maximum Gasteiger partial charge on any atom is 0.337 e. The van der Waals surface area contributed by atoms with Gasteiger partial charge in [0.15, 0.2) is 0 Å². The average molecular weight is 445 g/mol. The maximum absolute atomic E-state index is 12.9. The highest BCUT2D eigenvalue weighted by atomic mass is 16.6. The molecule has 3 aromatic rings. The minimum absolute atomic E-state index is 0.110. The minimum atomic E-state index is -0.577. The van der Waals surface area contributed by atoms with Crippen molar-refractivity contribution in [2.24, 2.45) is 0 Å². The van der Waals surface area contributed by atoms with Crippen LogP contribution in [-0.2, 0) is 4.74 Å². The molecule has 1 heterocycles. The Labute approximate surface area is 186 Å². The molecule has 33 heavy (non-hydrogen) atoms. The summed E-state index contributed by atoms with van der Waals surface area (Å²) in [5.74, 6) is -2.18. The third-order valence-electron chi connectivity index (χ3n) is 5.03. The molecule has 0 bridgehead atoms. The summed E-state index contributed by atoms with van der Waals surface area (Å²) in [5, 5.41) is 13.4. The van der Waals surface area contributed by atoms with E-state index in [-0.39, 0.29) is 39.3 Å². The van der Waals surface area contributed by atoms with Crippen LogP contribution in [0.2, 0.25) is 0 Å². The molecule has 3 aromatic carbocycles. The molecule has 0 fully saturated rings. The summed E-state index contributed by atoms with van der Waals surface area (Å²) in [6.45, 7) is 0. The standard InChI is InChI=1S/C23H15N3O7/c1-33-23(30)14-4-7-16(8-5-14)25-21(28)18-11-6-15(12-19(18)22(25)29)24-20(27)13-2-9-17(10-3-13)26(31)32/h2-12H,1H3,(H,24,27). The third-order valence-corrected chi connectivity index (χ3v) is 5.03. The van der Waals surface area contributed by atoms with Gasteiger partial charge in [0, 0.05) is 23.4 Å². The fraction of sp³-hybridized carbons (Fsp3) is 0.0435. The van der Waals surface area contributed by atoms with Crippen molar-refractivity contribution in [2.45, 2.75) is 0 Å². The number of nitrogens with one attached hydrogen (secondary N) is 1. The van der Waals surface area contributed by atoms with Gasteiger partial charge in [-0.25, -0.2) is 9.69 Å². The number of ether oxygens (including phenoxy) is 1. The van der Waals surface area contributed by atoms with Crippen molar-refractivity contribution < 1.29 is 28.8 Å². The van der Waals surface area contributed by atoms with Gasteiger partial charge in [0.2, 0.25) is 0 Å². The van der Waals surface area contributed by atoms with Crippen LogP contribution in [0.25, 0.3) is 0 Å². The second kappa shape index (κ2) is 8.35. The molecule has 0 atom stereocenters. The van der Waals surface area contributed by atoms with E-state index in [2.05, 4.69) is 10.1 Å². The monoisotopic (exact) mass is 445 g/mol. The van der Waals surface area contributed by atoms with Gasteiger partial charge in [0.05, 0.1) is 34.4 Å². The maximum atomic E-state index is 12.9. The van der Waals surface area contributed by atoms with Crippen molar-refractivity contribution >= 4 is 40.8 Å². The van der Waals surface area contributed by atoms with Gasteiger partial charge < -0.3 is 10.1 Å². The Morgan fingerprint density at radius 1 is 0.879 bits per heavy atom. The number of amides is 3. The smallest absolute Gasteiger partial charge is 0.337 e. The molecule has 10 nitrogen and oxygen atoms in total. The largest absolute Gasteiger partial charge is 0.465 e. The number of fused-ring (bicyclic) bond motifs is 1. The van der Waals surface area contributed by atoms with Crippen LogP contribution in [0, 0.1) is 10.1 Å². The normalized spacial score (nSPS) is 12.3. The Morgan fingerprint density at radius 2 is 1.48 bits per heavy atom. The number of imide groups is 1. The van der Waals surface area contributed by atoms with Gasteiger partial charge in [-0.1, -0.05) is 0 Å². The van der Waals surface area contributed by atoms with Crippen LogP contribution in [0.1, 0.15) is 41.4 Å². The Kier molecular flexibility index (Phi) is 5.41. The average Bonchev–Trinajstić information content (AvgIpc) is 3.08. The Bertz CT molecular complexity index is 1310. The molecule has 0 spiro atoms. The van der Waals surface area contributed by atoms with E-state index in [4.69, 9.17) is 0 Å². The molecule has 0 unspecified atom stereocenters. The van der Waals surface area contributed by atoms with E-state index >= 15 is 0 Å². The predicted molar refractivity (Wildman–Crippen MR) is 116 cm³/mol. The number of anilines is 2. The van der Waals surface area contributed by atoms with Gasteiger partial charge in [0.25, 0.3) is 23.4 Å². The van der Waals surface area contributed by atoms with Gasteiger partial charge in [-0.3, -0.25) is 24.5 Å². The summed E-state index contributed by atoms with van der Waals surface area (Å²) in [4.78, 5) is 60.9. The fourth-order valence-corrected chi connectivity index (χ4v) is 3.36. The van der Waals surface area contributed by atoms with Gasteiger partial charge in [-0.15, -0.1) is 0 Å². The molecule has 1 aliphatic rings. The molecule has 0 aromatic heterocycles. The number of carbonyl (C=O) groups excluding carboxylic acids is 4. The lowest BCUT2D eigenvalue weighted by molar-refractivity contribution is -0.384. The SMILES string of the molecule is COC(=O)c1ccc(N2C(=O)c3ccc(NC(=O)c4ccc([N+](=O)[O-])cc4)cc3C2=O)cc1. The summed E-state index contributed by atoms with van der Waals surface area (Å²) >= 11 is 0. The Hall–Kier alpha value is -4.86. The topological polar surface area (TPSA) is 136 Å². The number of nitrogens with zero attached hydrogens (tertiary/aromatic N) is 2. The zero-order valence-corrected chi connectivity index (χ0v) is 17.1. The number of hydrogen-bond acceptors (Lipinski definition) is 7. The number of methoxy groups -OCH3 is 1. The Morgan fingerprint density at radius 3 is 2.09 bits per heavy atom. The molecule has 164 valence electrons. The molecule has 0 radical (unpaired) electrons.